The zero-order valence-corrected chi connectivity index (χ0v) is 10.2. The SMILES string of the molecule is C=CCNC(=S)NC(=O)/C=C/c1cccs1. The molecule has 1 aromatic heterocycles. The maximum absolute atomic E-state index is 11.4. The highest BCUT2D eigenvalue weighted by Crippen LogP contribution is 2.09. The van der Waals surface area contributed by atoms with E-state index in [2.05, 4.69) is 17.2 Å². The first-order chi connectivity index (χ1) is 7.72. The summed E-state index contributed by atoms with van der Waals surface area (Å²) in [6.07, 6.45) is 4.86. The molecule has 0 aliphatic carbocycles. The molecule has 0 atom stereocenters. The highest BCUT2D eigenvalue weighted by molar-refractivity contribution is 7.80. The Kier molecular flexibility index (Phi) is 5.45. The molecule has 1 rings (SSSR count). The van der Waals surface area contributed by atoms with Gasteiger partial charge in [-0.15, -0.1) is 17.9 Å². The van der Waals surface area contributed by atoms with E-state index >= 15 is 0 Å². The van der Waals surface area contributed by atoms with E-state index < -0.39 is 0 Å². The largest absolute Gasteiger partial charge is 0.359 e. The molecule has 84 valence electrons. The number of hydrogen-bond donors (Lipinski definition) is 2. The third kappa shape index (κ3) is 4.86. The van der Waals surface area contributed by atoms with Crippen molar-refractivity contribution in [3.8, 4) is 0 Å². The summed E-state index contributed by atoms with van der Waals surface area (Å²) in [5, 5.41) is 7.59. The smallest absolute Gasteiger partial charge is 0.250 e. The van der Waals surface area contributed by atoms with Crippen molar-refractivity contribution in [2.45, 2.75) is 0 Å². The quantitative estimate of drug-likeness (QED) is 0.489. The van der Waals surface area contributed by atoms with Gasteiger partial charge >= 0.3 is 0 Å². The van der Waals surface area contributed by atoms with E-state index in [1.807, 2.05) is 17.5 Å². The number of nitrogens with one attached hydrogen (secondary N) is 2. The standard InChI is InChI=1S/C11H12N2OS2/c1-2-7-12-11(15)13-10(14)6-5-9-4-3-8-16-9/h2-6,8H,1,7H2,(H2,12,13,14,15)/b6-5+. The summed E-state index contributed by atoms with van der Waals surface area (Å²) < 4.78 is 0. The predicted octanol–water partition coefficient (Wildman–Crippen LogP) is 1.94. The van der Waals surface area contributed by atoms with Crippen molar-refractivity contribution in [1.29, 1.82) is 0 Å². The lowest BCUT2D eigenvalue weighted by Gasteiger charge is -2.04. The fourth-order valence-corrected chi connectivity index (χ4v) is 1.71. The number of rotatable bonds is 4. The van der Waals surface area contributed by atoms with Crippen molar-refractivity contribution in [3.63, 3.8) is 0 Å². The molecule has 2 N–H and O–H groups in total. The maximum Gasteiger partial charge on any atom is 0.250 e. The summed E-state index contributed by atoms with van der Waals surface area (Å²) in [6.45, 7) is 4.07. The number of thiophene rings is 1. The van der Waals surface area contributed by atoms with Gasteiger partial charge in [-0.25, -0.2) is 0 Å². The van der Waals surface area contributed by atoms with Crippen LogP contribution in [0.4, 0.5) is 0 Å². The Balaban J connectivity index is 2.36. The number of carbonyl (C=O) groups is 1. The number of carbonyl (C=O) groups excluding carboxylic acids is 1. The van der Waals surface area contributed by atoms with Crippen LogP contribution < -0.4 is 10.6 Å². The second-order valence-corrected chi connectivity index (χ2v) is 4.22. The lowest BCUT2D eigenvalue weighted by Crippen LogP contribution is -2.38. The molecule has 3 nitrogen and oxygen atoms in total. The molecule has 0 aliphatic heterocycles. The third-order valence-corrected chi connectivity index (χ3v) is 2.67. The number of hydrogen-bond acceptors (Lipinski definition) is 3. The van der Waals surface area contributed by atoms with Crippen LogP contribution >= 0.6 is 23.6 Å². The van der Waals surface area contributed by atoms with E-state index in [1.165, 1.54) is 6.08 Å². The molecular formula is C11H12N2OS2. The highest BCUT2D eigenvalue weighted by atomic mass is 32.1. The van der Waals surface area contributed by atoms with Crippen LogP contribution in [0.2, 0.25) is 0 Å². The zero-order valence-electron chi connectivity index (χ0n) is 8.60. The van der Waals surface area contributed by atoms with Gasteiger partial charge in [0, 0.05) is 17.5 Å². The predicted molar refractivity (Wildman–Crippen MR) is 72.3 cm³/mol. The van der Waals surface area contributed by atoms with E-state index in [9.17, 15) is 4.79 Å². The van der Waals surface area contributed by atoms with Crippen LogP contribution in [0.1, 0.15) is 4.88 Å². The van der Waals surface area contributed by atoms with Crippen LogP contribution in [0, 0.1) is 0 Å². The van der Waals surface area contributed by atoms with E-state index in [1.54, 1.807) is 23.5 Å². The Bertz CT molecular complexity index is 396. The number of thiocarbonyl (C=S) groups is 1. The molecule has 0 radical (unpaired) electrons. The van der Waals surface area contributed by atoms with Gasteiger partial charge in [0.15, 0.2) is 5.11 Å². The minimum atomic E-state index is -0.241. The van der Waals surface area contributed by atoms with Gasteiger partial charge in [0.25, 0.3) is 0 Å². The van der Waals surface area contributed by atoms with Crippen LogP contribution in [-0.4, -0.2) is 17.6 Å². The second-order valence-electron chi connectivity index (χ2n) is 2.84. The average Bonchev–Trinajstić information content (AvgIpc) is 2.76. The Labute approximate surface area is 104 Å². The van der Waals surface area contributed by atoms with Gasteiger partial charge in [0.2, 0.25) is 5.91 Å². The molecule has 0 saturated heterocycles. The monoisotopic (exact) mass is 252 g/mol. The Hall–Kier alpha value is -1.46. The molecule has 0 spiro atoms. The first-order valence-electron chi connectivity index (χ1n) is 4.63. The zero-order chi connectivity index (χ0) is 11.8. The third-order valence-electron chi connectivity index (χ3n) is 1.59. The van der Waals surface area contributed by atoms with E-state index in [0.717, 1.165) is 4.88 Å². The fraction of sp³-hybridized carbons (Fsp3) is 0.0909. The topological polar surface area (TPSA) is 41.1 Å². The van der Waals surface area contributed by atoms with Crippen LogP contribution in [-0.2, 0) is 4.79 Å². The van der Waals surface area contributed by atoms with Gasteiger partial charge in [-0.3, -0.25) is 10.1 Å². The molecule has 0 bridgehead atoms. The molecule has 0 aliphatic rings. The van der Waals surface area contributed by atoms with Gasteiger partial charge in [-0.05, 0) is 29.7 Å². The minimum Gasteiger partial charge on any atom is -0.359 e. The summed E-state index contributed by atoms with van der Waals surface area (Å²) in [6, 6.07) is 3.86. The summed E-state index contributed by atoms with van der Waals surface area (Å²) in [5.74, 6) is -0.241. The van der Waals surface area contributed by atoms with Crippen LogP contribution in [0.3, 0.4) is 0 Å². The highest BCUT2D eigenvalue weighted by Gasteiger charge is 1.98. The Morgan fingerprint density at radius 3 is 3.06 bits per heavy atom. The molecule has 16 heavy (non-hydrogen) atoms. The van der Waals surface area contributed by atoms with Crippen molar-refractivity contribution >= 4 is 40.7 Å². The second kappa shape index (κ2) is 6.92. The van der Waals surface area contributed by atoms with Crippen molar-refractivity contribution in [1.82, 2.24) is 10.6 Å². The van der Waals surface area contributed by atoms with Crippen LogP contribution in [0.5, 0.6) is 0 Å². The average molecular weight is 252 g/mol. The van der Waals surface area contributed by atoms with E-state index in [-0.39, 0.29) is 5.91 Å². The van der Waals surface area contributed by atoms with E-state index in [0.29, 0.717) is 11.7 Å². The molecule has 0 aromatic carbocycles. The van der Waals surface area contributed by atoms with Crippen molar-refractivity contribution < 1.29 is 4.79 Å². The summed E-state index contributed by atoms with van der Waals surface area (Å²) >= 11 is 6.46. The molecule has 0 saturated carbocycles. The lowest BCUT2D eigenvalue weighted by atomic mass is 10.4. The summed E-state index contributed by atoms with van der Waals surface area (Å²) in [5.41, 5.74) is 0. The maximum atomic E-state index is 11.4. The molecule has 0 fully saturated rings. The minimum absolute atomic E-state index is 0.241. The normalized spacial score (nSPS) is 10.0. The Morgan fingerprint density at radius 1 is 1.62 bits per heavy atom. The first-order valence-corrected chi connectivity index (χ1v) is 5.92. The fourth-order valence-electron chi connectivity index (χ4n) is 0.907. The number of amides is 1. The first kappa shape index (κ1) is 12.6. The van der Waals surface area contributed by atoms with Gasteiger partial charge in [0.05, 0.1) is 0 Å². The Morgan fingerprint density at radius 2 is 2.44 bits per heavy atom. The molecule has 1 amide bonds. The molecular weight excluding hydrogens is 240 g/mol. The molecule has 5 heteroatoms. The van der Waals surface area contributed by atoms with Crippen molar-refractivity contribution in [3.05, 3.63) is 41.1 Å². The summed E-state index contributed by atoms with van der Waals surface area (Å²) in [4.78, 5) is 12.4. The van der Waals surface area contributed by atoms with Gasteiger partial charge in [-0.2, -0.15) is 0 Å². The molecule has 1 heterocycles. The lowest BCUT2D eigenvalue weighted by molar-refractivity contribution is -0.115. The molecule has 1 aromatic rings. The van der Waals surface area contributed by atoms with E-state index in [4.69, 9.17) is 12.2 Å². The van der Waals surface area contributed by atoms with Gasteiger partial charge in [0.1, 0.15) is 0 Å². The van der Waals surface area contributed by atoms with Gasteiger partial charge in [-0.1, -0.05) is 12.1 Å². The van der Waals surface area contributed by atoms with Crippen molar-refractivity contribution in [2.75, 3.05) is 6.54 Å². The van der Waals surface area contributed by atoms with Crippen LogP contribution in [0.15, 0.2) is 36.2 Å². The van der Waals surface area contributed by atoms with Crippen molar-refractivity contribution in [2.24, 2.45) is 0 Å². The van der Waals surface area contributed by atoms with Gasteiger partial charge < -0.3 is 5.32 Å². The van der Waals surface area contributed by atoms with Crippen LogP contribution in [0.25, 0.3) is 6.08 Å². The summed E-state index contributed by atoms with van der Waals surface area (Å²) in [7, 11) is 0. The molecule has 0 unspecified atom stereocenters.